The van der Waals surface area contributed by atoms with Crippen LogP contribution in [0.3, 0.4) is 0 Å². The molecule has 0 spiro atoms. The molecule has 1 aromatic heterocycles. The lowest BCUT2D eigenvalue weighted by Crippen LogP contribution is -2.11. The van der Waals surface area contributed by atoms with Crippen LogP contribution >= 0.6 is 0 Å². The van der Waals surface area contributed by atoms with Crippen molar-refractivity contribution in [2.75, 3.05) is 0 Å². The molecule has 0 amide bonds. The van der Waals surface area contributed by atoms with Gasteiger partial charge in [-0.1, -0.05) is 30.3 Å². The molecule has 0 radical (unpaired) electrons. The second kappa shape index (κ2) is 4.51. The molecule has 4 nitrogen and oxygen atoms in total. The number of hydrogen-bond acceptors (Lipinski definition) is 2. The van der Waals surface area contributed by atoms with Gasteiger partial charge in [0.15, 0.2) is 5.69 Å². The lowest BCUT2D eigenvalue weighted by atomic mass is 10.2. The van der Waals surface area contributed by atoms with Gasteiger partial charge in [0.25, 0.3) is 10.0 Å². The Bertz CT molecular complexity index is 919. The first-order chi connectivity index (χ1) is 9.63. The summed E-state index contributed by atoms with van der Waals surface area (Å²) in [6.07, 6.45) is 1.51. The molecule has 0 saturated carbocycles. The van der Waals surface area contributed by atoms with Crippen LogP contribution in [0.25, 0.3) is 15.7 Å². The molecule has 5 heteroatoms. The van der Waals surface area contributed by atoms with Crippen LogP contribution in [0.15, 0.2) is 65.7 Å². The van der Waals surface area contributed by atoms with Gasteiger partial charge in [0.2, 0.25) is 0 Å². The summed E-state index contributed by atoms with van der Waals surface area (Å²) in [6.45, 7) is 7.03. The highest BCUT2D eigenvalue weighted by atomic mass is 32.2. The summed E-state index contributed by atoms with van der Waals surface area (Å²) < 4.78 is 26.4. The normalized spacial score (nSPS) is 11.3. The quantitative estimate of drug-likeness (QED) is 0.676. The predicted octanol–water partition coefficient (Wildman–Crippen LogP) is 3.43. The zero-order valence-corrected chi connectivity index (χ0v) is 11.2. The molecule has 98 valence electrons. The van der Waals surface area contributed by atoms with Crippen molar-refractivity contribution in [2.45, 2.75) is 4.90 Å². The van der Waals surface area contributed by atoms with Crippen molar-refractivity contribution < 1.29 is 8.42 Å². The van der Waals surface area contributed by atoms with Gasteiger partial charge in [-0.05, 0) is 29.7 Å². The highest BCUT2D eigenvalue weighted by Gasteiger charge is 2.18. The maximum Gasteiger partial charge on any atom is 0.268 e. The van der Waals surface area contributed by atoms with Gasteiger partial charge in [0.05, 0.1) is 17.0 Å². The Kier molecular flexibility index (Phi) is 2.81. The summed E-state index contributed by atoms with van der Waals surface area (Å²) in [4.78, 5) is 3.57. The molecule has 3 aromatic rings. The topological polar surface area (TPSA) is 43.4 Å². The number of hydrogen-bond donors (Lipinski definition) is 0. The highest BCUT2D eigenvalue weighted by Crippen LogP contribution is 2.25. The zero-order chi connectivity index (χ0) is 14.2. The van der Waals surface area contributed by atoms with Crippen LogP contribution in [0.1, 0.15) is 0 Å². The molecule has 0 atom stereocenters. The van der Waals surface area contributed by atoms with Crippen molar-refractivity contribution in [1.82, 2.24) is 3.97 Å². The molecular weight excluding hydrogens is 272 g/mol. The maximum atomic E-state index is 12.6. The van der Waals surface area contributed by atoms with Gasteiger partial charge in [0.1, 0.15) is 0 Å². The number of rotatable bonds is 2. The van der Waals surface area contributed by atoms with Crippen LogP contribution in [-0.2, 0) is 10.0 Å². The van der Waals surface area contributed by atoms with Crippen molar-refractivity contribution in [3.8, 4) is 0 Å². The van der Waals surface area contributed by atoms with Crippen LogP contribution in [0.5, 0.6) is 0 Å². The molecule has 0 aliphatic heterocycles. The lowest BCUT2D eigenvalue weighted by Gasteiger charge is -2.07. The summed E-state index contributed by atoms with van der Waals surface area (Å²) in [5, 5.41) is 0.789. The molecule has 1 heterocycles. The second-order valence-corrected chi connectivity index (χ2v) is 6.10. The fraction of sp³-hybridized carbons (Fsp3) is 0. The van der Waals surface area contributed by atoms with E-state index in [0.717, 1.165) is 5.39 Å². The molecule has 3 rings (SSSR count). The summed E-state index contributed by atoms with van der Waals surface area (Å²) in [5.41, 5.74) is 0.933. The molecular formula is C15H10N2O2S. The smallest absolute Gasteiger partial charge is 0.242 e. The minimum absolute atomic E-state index is 0.228. The predicted molar refractivity (Wildman–Crippen MR) is 77.2 cm³/mol. The van der Waals surface area contributed by atoms with Crippen LogP contribution < -0.4 is 0 Å². The summed E-state index contributed by atoms with van der Waals surface area (Å²) >= 11 is 0. The molecule has 0 unspecified atom stereocenters. The van der Waals surface area contributed by atoms with Crippen molar-refractivity contribution in [3.63, 3.8) is 0 Å². The highest BCUT2D eigenvalue weighted by molar-refractivity contribution is 7.90. The van der Waals surface area contributed by atoms with Gasteiger partial charge in [-0.2, -0.15) is 0 Å². The number of nitrogens with zero attached hydrogens (tertiary/aromatic N) is 2. The summed E-state index contributed by atoms with van der Waals surface area (Å²) in [7, 11) is -3.63. The van der Waals surface area contributed by atoms with Crippen molar-refractivity contribution in [1.29, 1.82) is 0 Å². The first kappa shape index (κ1) is 12.5. The van der Waals surface area contributed by atoms with E-state index < -0.39 is 10.0 Å². The van der Waals surface area contributed by atoms with Gasteiger partial charge in [-0.3, -0.25) is 0 Å². The van der Waals surface area contributed by atoms with Crippen LogP contribution in [0.2, 0.25) is 0 Å². The van der Waals surface area contributed by atoms with Gasteiger partial charge in [0, 0.05) is 6.20 Å². The van der Waals surface area contributed by atoms with Gasteiger partial charge < -0.3 is 0 Å². The molecule has 0 aliphatic rings. The maximum absolute atomic E-state index is 12.6. The Morgan fingerprint density at radius 2 is 1.75 bits per heavy atom. The minimum Gasteiger partial charge on any atom is -0.242 e. The van der Waals surface area contributed by atoms with Gasteiger partial charge in [-0.25, -0.2) is 17.2 Å². The first-order valence-electron chi connectivity index (χ1n) is 5.92. The van der Waals surface area contributed by atoms with Crippen LogP contribution in [-0.4, -0.2) is 12.4 Å². The average molecular weight is 282 g/mol. The standard InChI is InChI=1S/C15H10N2O2S/c1-16-13-8-7-12-9-10-17(15(12)11-13)20(18,19)14-5-3-2-4-6-14/h2-11H. The molecule has 0 bridgehead atoms. The van der Waals surface area contributed by atoms with E-state index in [0.29, 0.717) is 11.2 Å². The second-order valence-electron chi connectivity index (χ2n) is 4.28. The third-order valence-electron chi connectivity index (χ3n) is 3.07. The van der Waals surface area contributed by atoms with Gasteiger partial charge >= 0.3 is 0 Å². The fourth-order valence-electron chi connectivity index (χ4n) is 2.08. The Balaban J connectivity index is 2.28. The summed E-state index contributed by atoms with van der Waals surface area (Å²) in [5.74, 6) is 0. The molecule has 20 heavy (non-hydrogen) atoms. The van der Waals surface area contributed by atoms with Gasteiger partial charge in [-0.15, -0.1) is 0 Å². The van der Waals surface area contributed by atoms with Crippen LogP contribution in [0, 0.1) is 6.57 Å². The lowest BCUT2D eigenvalue weighted by molar-refractivity contribution is 0.589. The molecule has 0 saturated heterocycles. The molecule has 2 aromatic carbocycles. The number of benzene rings is 2. The monoisotopic (exact) mass is 282 g/mol. The molecule has 0 aliphatic carbocycles. The molecule has 0 fully saturated rings. The zero-order valence-electron chi connectivity index (χ0n) is 10.4. The third kappa shape index (κ3) is 1.87. The summed E-state index contributed by atoms with van der Waals surface area (Å²) in [6, 6.07) is 15.0. The van der Waals surface area contributed by atoms with E-state index in [4.69, 9.17) is 6.57 Å². The minimum atomic E-state index is -3.63. The van der Waals surface area contributed by atoms with Crippen molar-refractivity contribution >= 4 is 26.6 Å². The van der Waals surface area contributed by atoms with Crippen LogP contribution in [0.4, 0.5) is 5.69 Å². The van der Waals surface area contributed by atoms with E-state index in [2.05, 4.69) is 4.85 Å². The van der Waals surface area contributed by atoms with Crippen molar-refractivity contribution in [2.24, 2.45) is 0 Å². The first-order valence-corrected chi connectivity index (χ1v) is 7.36. The average Bonchev–Trinajstić information content (AvgIpc) is 2.91. The van der Waals surface area contributed by atoms with E-state index in [1.807, 2.05) is 0 Å². The Labute approximate surface area is 116 Å². The van der Waals surface area contributed by atoms with E-state index in [1.54, 1.807) is 54.6 Å². The van der Waals surface area contributed by atoms with E-state index >= 15 is 0 Å². The Hall–Kier alpha value is -2.58. The Morgan fingerprint density at radius 3 is 2.45 bits per heavy atom. The SMILES string of the molecule is [C-]#[N+]c1ccc2ccn(S(=O)(=O)c3ccccc3)c2c1. The number of fused-ring (bicyclic) bond motifs is 1. The third-order valence-corrected chi connectivity index (χ3v) is 4.77. The molecule has 0 N–H and O–H groups in total. The van der Waals surface area contributed by atoms with Crippen molar-refractivity contribution in [3.05, 3.63) is 72.2 Å². The Morgan fingerprint density at radius 1 is 1.00 bits per heavy atom. The van der Waals surface area contributed by atoms with E-state index in [1.165, 1.54) is 10.2 Å². The fourth-order valence-corrected chi connectivity index (χ4v) is 3.44. The van der Waals surface area contributed by atoms with E-state index in [-0.39, 0.29) is 4.90 Å². The largest absolute Gasteiger partial charge is 0.268 e. The van der Waals surface area contributed by atoms with E-state index in [9.17, 15) is 8.42 Å². The number of aromatic nitrogens is 1.